The molecule has 0 spiro atoms. The van der Waals surface area contributed by atoms with Gasteiger partial charge in [-0.25, -0.2) is 0 Å². The summed E-state index contributed by atoms with van der Waals surface area (Å²) < 4.78 is 14.3. The second-order valence-electron chi connectivity index (χ2n) is 35.6. The summed E-state index contributed by atoms with van der Waals surface area (Å²) in [5, 5.41) is 0. The Kier molecular flexibility index (Phi) is 15.6. The first-order chi connectivity index (χ1) is 43.6. The molecule has 13 rings (SSSR count). The van der Waals surface area contributed by atoms with Gasteiger partial charge in [0.25, 0.3) is 6.71 Å². The van der Waals surface area contributed by atoms with E-state index in [1.807, 2.05) is 23.5 Å². The van der Waals surface area contributed by atoms with Crippen molar-refractivity contribution in [3.8, 4) is 23.0 Å². The Balaban J connectivity index is 1.14. The number of rotatable bonds is 6. The average molecular weight is 1280 g/mol. The van der Waals surface area contributed by atoms with Crippen LogP contribution in [0, 0.1) is 0 Å². The molecule has 9 aromatic rings. The molecule has 0 amide bonds. The number of nitrogens with zero attached hydrogens (tertiary/aromatic N) is 2. The number of anilines is 6. The molecule has 0 saturated carbocycles. The van der Waals surface area contributed by atoms with Crippen molar-refractivity contribution in [1.82, 2.24) is 0 Å². The summed E-state index contributed by atoms with van der Waals surface area (Å²) >= 11 is 3.85. The third kappa shape index (κ3) is 11.9. The van der Waals surface area contributed by atoms with Crippen LogP contribution >= 0.6 is 23.5 Å². The Labute approximate surface area is 573 Å². The van der Waals surface area contributed by atoms with E-state index in [1.165, 1.54) is 108 Å². The van der Waals surface area contributed by atoms with Crippen molar-refractivity contribution < 1.29 is 9.47 Å². The van der Waals surface area contributed by atoms with Gasteiger partial charge in [-0.15, -0.1) is 0 Å². The van der Waals surface area contributed by atoms with Crippen LogP contribution < -0.4 is 52.1 Å². The lowest BCUT2D eigenvalue weighted by Crippen LogP contribution is -2.65. The van der Waals surface area contributed by atoms with Gasteiger partial charge in [0.1, 0.15) is 23.0 Å². The van der Waals surface area contributed by atoms with E-state index in [0.29, 0.717) is 0 Å². The molecule has 4 heterocycles. The Morgan fingerprint density at radius 2 is 0.596 bits per heavy atom. The predicted molar refractivity (Wildman–Crippen MR) is 409 cm³/mol. The highest BCUT2D eigenvalue weighted by Crippen LogP contribution is 2.52. The van der Waals surface area contributed by atoms with E-state index in [-0.39, 0.29) is 56.7 Å². The minimum atomic E-state index is -0.245. The quantitative estimate of drug-likeness (QED) is 0.154. The zero-order valence-electron chi connectivity index (χ0n) is 60.7. The van der Waals surface area contributed by atoms with Crippen LogP contribution in [0.1, 0.15) is 211 Å². The van der Waals surface area contributed by atoms with E-state index in [1.54, 1.807) is 0 Å². The van der Waals surface area contributed by atoms with Gasteiger partial charge < -0.3 is 19.3 Å². The molecular formula is C86H98B2N2O2S2. The maximum Gasteiger partial charge on any atom is 0.252 e. The van der Waals surface area contributed by atoms with Crippen LogP contribution in [0.3, 0.4) is 0 Å². The summed E-state index contributed by atoms with van der Waals surface area (Å²) in [4.78, 5) is 10.3. The summed E-state index contributed by atoms with van der Waals surface area (Å²) in [5.74, 6) is 3.29. The molecule has 0 bridgehead atoms. The molecule has 0 unspecified atom stereocenters. The SMILES string of the molecule is CC(C)(C)c1ccc(Oc2cc3c4c(c2)Sc2cc(C(C)(C)C)cc(C(C)(C)C)c2B4c2cc4c(cc2S3)N(c2ccc(C(C)(C)C)cc2)c2cc(Oc3ccc(C(C)(C)C)cc3)cc3c2B4c2c(cc(C(C)(C)C)cc2C(C)(C)C)N3c2ccc(C(C)(C)C)cc2)cc1. The van der Waals surface area contributed by atoms with E-state index in [0.717, 1.165) is 45.7 Å². The third-order valence-electron chi connectivity index (χ3n) is 20.1. The van der Waals surface area contributed by atoms with Crippen LogP contribution in [-0.4, -0.2) is 13.4 Å². The number of benzene rings is 9. The number of hydrogen-bond acceptors (Lipinski definition) is 6. The second-order valence-corrected chi connectivity index (χ2v) is 37.8. The lowest BCUT2D eigenvalue weighted by Gasteiger charge is -2.47. The van der Waals surface area contributed by atoms with Gasteiger partial charge in [0.15, 0.2) is 0 Å². The van der Waals surface area contributed by atoms with Crippen molar-refractivity contribution in [2.45, 2.75) is 229 Å². The smallest absolute Gasteiger partial charge is 0.252 e. The first-order valence-corrected chi connectivity index (χ1v) is 35.9. The zero-order valence-corrected chi connectivity index (χ0v) is 62.3. The largest absolute Gasteiger partial charge is 0.457 e. The van der Waals surface area contributed by atoms with E-state index < -0.39 is 0 Å². The minimum Gasteiger partial charge on any atom is -0.457 e. The average Bonchev–Trinajstić information content (AvgIpc) is 0.686. The summed E-state index contributed by atoms with van der Waals surface area (Å²) in [6.45, 7) is 56.0. The first kappa shape index (κ1) is 65.7. The van der Waals surface area contributed by atoms with Crippen LogP contribution in [-0.2, 0) is 43.3 Å². The fourth-order valence-electron chi connectivity index (χ4n) is 14.5. The minimum absolute atomic E-state index is 0.00491. The molecule has 0 fully saturated rings. The molecule has 4 nitrogen and oxygen atoms in total. The maximum atomic E-state index is 7.32. The van der Waals surface area contributed by atoms with Crippen molar-refractivity contribution in [2.24, 2.45) is 0 Å². The Hall–Kier alpha value is -6.99. The monoisotopic (exact) mass is 1280 g/mol. The highest BCUT2D eigenvalue weighted by atomic mass is 32.2. The van der Waals surface area contributed by atoms with Gasteiger partial charge in [-0.05, 0) is 189 Å². The molecule has 0 saturated heterocycles. The molecule has 4 aliphatic heterocycles. The molecule has 0 aromatic heterocycles. The molecule has 0 aliphatic carbocycles. The van der Waals surface area contributed by atoms with Crippen molar-refractivity contribution in [3.05, 3.63) is 202 Å². The van der Waals surface area contributed by atoms with Crippen LogP contribution in [0.4, 0.5) is 34.1 Å². The van der Waals surface area contributed by atoms with Gasteiger partial charge in [-0.2, -0.15) is 0 Å². The molecular weight excluding hydrogens is 1180 g/mol. The molecule has 482 valence electrons. The maximum absolute atomic E-state index is 7.32. The van der Waals surface area contributed by atoms with Gasteiger partial charge >= 0.3 is 0 Å². The fourth-order valence-corrected chi connectivity index (χ4v) is 17.1. The second kappa shape index (κ2) is 22.3. The van der Waals surface area contributed by atoms with Crippen molar-refractivity contribution in [1.29, 1.82) is 0 Å². The van der Waals surface area contributed by atoms with Crippen LogP contribution in [0.5, 0.6) is 23.0 Å². The molecule has 94 heavy (non-hydrogen) atoms. The van der Waals surface area contributed by atoms with Gasteiger partial charge in [0, 0.05) is 65.8 Å². The van der Waals surface area contributed by atoms with Crippen LogP contribution in [0.25, 0.3) is 0 Å². The lowest BCUT2D eigenvalue weighted by molar-refractivity contribution is 0.479. The standard InChI is InChI=1S/C86H98B2N2O2S2/c1-79(2,3)51-25-33-57(34-26-51)89-67-50-71-66(88-76-64(86(22,23)24)42-56(84(16,17)18)44-72(76)94-74-48-62(47-73(93-71)78(74)88)92-60-39-31-54(32-40-60)82(10,11)12)49-65(67)87-75-63(85(19,20)21)41-55(83(13,14)15)43-68(75)90(58-35-27-52(28-36-58)80(4,5)6)70-46-61(45-69(89)77(70)87)91-59-37-29-53(30-38-59)81(7,8)9/h25-50H,1-24H3. The summed E-state index contributed by atoms with van der Waals surface area (Å²) in [6.07, 6.45) is 0. The number of hydrogen-bond donors (Lipinski definition) is 0. The van der Waals surface area contributed by atoms with Crippen molar-refractivity contribution >= 4 is 104 Å². The van der Waals surface area contributed by atoms with Gasteiger partial charge in [-0.1, -0.05) is 267 Å². The normalized spacial score (nSPS) is 14.6. The topological polar surface area (TPSA) is 24.9 Å². The Bertz CT molecular complexity index is 4490. The van der Waals surface area contributed by atoms with Crippen molar-refractivity contribution in [3.63, 3.8) is 0 Å². The van der Waals surface area contributed by atoms with E-state index >= 15 is 0 Å². The summed E-state index contributed by atoms with van der Waals surface area (Å²) in [6, 6.07) is 61.3. The Morgan fingerprint density at radius 1 is 0.255 bits per heavy atom. The summed E-state index contributed by atoms with van der Waals surface area (Å²) in [7, 11) is 0. The predicted octanol–water partition coefficient (Wildman–Crippen LogP) is 21.2. The van der Waals surface area contributed by atoms with E-state index in [9.17, 15) is 0 Å². The first-order valence-electron chi connectivity index (χ1n) is 34.3. The van der Waals surface area contributed by atoms with Crippen LogP contribution in [0.2, 0.25) is 0 Å². The van der Waals surface area contributed by atoms with E-state index in [2.05, 4.69) is 334 Å². The van der Waals surface area contributed by atoms with Crippen LogP contribution in [0.15, 0.2) is 177 Å². The van der Waals surface area contributed by atoms with E-state index in [4.69, 9.17) is 9.47 Å². The molecule has 4 aliphatic rings. The molecule has 0 atom stereocenters. The highest BCUT2D eigenvalue weighted by Gasteiger charge is 2.50. The molecule has 0 N–H and O–H groups in total. The summed E-state index contributed by atoms with van der Waals surface area (Å²) in [5.41, 5.74) is 24.9. The van der Waals surface area contributed by atoms with Gasteiger partial charge in [0.05, 0.1) is 0 Å². The van der Waals surface area contributed by atoms with Gasteiger partial charge in [0.2, 0.25) is 6.71 Å². The lowest BCUT2D eigenvalue weighted by atomic mass is 9.30. The Morgan fingerprint density at radius 3 is 1.01 bits per heavy atom. The van der Waals surface area contributed by atoms with Crippen molar-refractivity contribution in [2.75, 3.05) is 9.80 Å². The van der Waals surface area contributed by atoms with Gasteiger partial charge in [-0.3, -0.25) is 0 Å². The third-order valence-corrected chi connectivity index (χ3v) is 22.3. The molecule has 9 aromatic carbocycles. The zero-order chi connectivity index (χ0) is 67.7. The number of fused-ring (bicyclic) bond motifs is 8. The highest BCUT2D eigenvalue weighted by molar-refractivity contribution is 8.01. The molecule has 8 heteroatoms. The number of ether oxygens (including phenoxy) is 2. The fraction of sp³-hybridized carbons (Fsp3) is 0.372. The molecule has 0 radical (unpaired) electrons.